The van der Waals surface area contributed by atoms with Crippen molar-refractivity contribution in [2.75, 3.05) is 20.6 Å². The Hall–Kier alpha value is -0.440. The van der Waals surface area contributed by atoms with Crippen molar-refractivity contribution in [1.82, 2.24) is 5.32 Å². The third-order valence-corrected chi connectivity index (χ3v) is 3.91. The van der Waals surface area contributed by atoms with Gasteiger partial charge in [0.1, 0.15) is 6.04 Å². The van der Waals surface area contributed by atoms with Gasteiger partial charge in [0, 0.05) is 12.8 Å². The summed E-state index contributed by atoms with van der Waals surface area (Å²) >= 11 is 0. The molecule has 106 valence electrons. The number of amides is 1. The molecular formula is C10H19ClN2O5. The molecule has 0 aromatic carbocycles. The van der Waals surface area contributed by atoms with Gasteiger partial charge in [-0.25, -0.2) is 18.6 Å². The van der Waals surface area contributed by atoms with Crippen molar-refractivity contribution in [3.8, 4) is 0 Å². The van der Waals surface area contributed by atoms with E-state index in [1.807, 2.05) is 0 Å². The van der Waals surface area contributed by atoms with E-state index in [0.29, 0.717) is 12.1 Å². The zero-order chi connectivity index (χ0) is 14.0. The minimum atomic E-state index is -4.94. The van der Waals surface area contributed by atoms with E-state index in [-0.39, 0.29) is 5.91 Å². The quantitative estimate of drug-likeness (QED) is 0.451. The van der Waals surface area contributed by atoms with Gasteiger partial charge < -0.3 is 9.80 Å². The van der Waals surface area contributed by atoms with Crippen LogP contribution in [-0.4, -0.2) is 43.1 Å². The van der Waals surface area contributed by atoms with E-state index >= 15 is 0 Å². The zero-order valence-corrected chi connectivity index (χ0v) is 11.3. The van der Waals surface area contributed by atoms with Crippen LogP contribution in [0.1, 0.15) is 25.7 Å². The van der Waals surface area contributed by atoms with E-state index in [1.165, 1.54) is 19.3 Å². The smallest absolute Gasteiger partial charge is 0.226 e. The molecule has 2 heterocycles. The highest BCUT2D eigenvalue weighted by Crippen LogP contribution is 2.30. The molecule has 2 atom stereocenters. The van der Waals surface area contributed by atoms with Crippen LogP contribution in [0.5, 0.6) is 0 Å². The summed E-state index contributed by atoms with van der Waals surface area (Å²) in [6, 6.07) is 1.20. The summed E-state index contributed by atoms with van der Waals surface area (Å²) in [5, 5.41) is 3.02. The van der Waals surface area contributed by atoms with Gasteiger partial charge in [-0.15, -0.1) is 10.2 Å². The molecule has 8 heteroatoms. The van der Waals surface area contributed by atoms with Crippen LogP contribution in [0.25, 0.3) is 0 Å². The highest BCUT2D eigenvalue weighted by atomic mass is 35.7. The minimum absolute atomic E-state index is 0.251. The maximum atomic E-state index is 11.4. The first kappa shape index (κ1) is 15.6. The Morgan fingerprint density at radius 2 is 1.67 bits per heavy atom. The van der Waals surface area contributed by atoms with Gasteiger partial charge in [0.2, 0.25) is 5.91 Å². The number of likely N-dealkylation sites (N-methyl/N-ethyl adjacent to an activating group) is 1. The number of hydrogen-bond acceptors (Lipinski definition) is 5. The Labute approximate surface area is 108 Å². The number of rotatable bonds is 0. The van der Waals surface area contributed by atoms with Crippen molar-refractivity contribution in [3.05, 3.63) is 0 Å². The Kier molecular flexibility index (Phi) is 4.93. The summed E-state index contributed by atoms with van der Waals surface area (Å²) in [4.78, 5) is 11.4. The summed E-state index contributed by atoms with van der Waals surface area (Å²) in [6.45, 7) is 0.877. The lowest BCUT2D eigenvalue weighted by molar-refractivity contribution is -2.00. The van der Waals surface area contributed by atoms with Crippen molar-refractivity contribution in [3.63, 3.8) is 0 Å². The summed E-state index contributed by atoms with van der Waals surface area (Å²) in [5.41, 5.74) is 0. The number of fused-ring (bicyclic) bond motifs is 2. The molecule has 18 heavy (non-hydrogen) atoms. The lowest BCUT2D eigenvalue weighted by Crippen LogP contribution is -2.68. The molecule has 2 fully saturated rings. The third kappa shape index (κ3) is 4.68. The number of piperidine rings is 1. The van der Waals surface area contributed by atoms with Crippen molar-refractivity contribution < 1.29 is 38.2 Å². The van der Waals surface area contributed by atoms with Crippen LogP contribution in [0.4, 0.5) is 0 Å². The van der Waals surface area contributed by atoms with E-state index in [1.54, 1.807) is 0 Å². The van der Waals surface area contributed by atoms with Crippen LogP contribution in [0.2, 0.25) is 0 Å². The van der Waals surface area contributed by atoms with Crippen LogP contribution in [-0.2, 0) is 4.79 Å². The van der Waals surface area contributed by atoms with Crippen LogP contribution in [0.3, 0.4) is 0 Å². The SMILES string of the molecule is C[N+]1(C)C2CCCC1CC(=O)NC2.[O-][Cl+3]([O-])([O-])[O-]. The molecule has 2 bridgehead atoms. The molecular weight excluding hydrogens is 264 g/mol. The van der Waals surface area contributed by atoms with Gasteiger partial charge in [0.05, 0.1) is 33.1 Å². The number of carbonyl (C=O) groups excluding carboxylic acids is 1. The lowest BCUT2D eigenvalue weighted by Gasteiger charge is -2.45. The fourth-order valence-electron chi connectivity index (χ4n) is 2.75. The minimum Gasteiger partial charge on any atom is -0.350 e. The maximum absolute atomic E-state index is 11.4. The normalized spacial score (nSPS) is 30.7. The first-order chi connectivity index (χ1) is 8.10. The van der Waals surface area contributed by atoms with Gasteiger partial charge in [-0.2, -0.15) is 0 Å². The average Bonchev–Trinajstić information content (AvgIpc) is 2.25. The number of carbonyl (C=O) groups is 1. The maximum Gasteiger partial charge on any atom is 0.226 e. The molecule has 2 aliphatic heterocycles. The predicted octanol–water partition coefficient (Wildman–Crippen LogP) is -4.25. The largest absolute Gasteiger partial charge is 0.350 e. The van der Waals surface area contributed by atoms with Crippen LogP contribution in [0, 0.1) is 10.2 Å². The van der Waals surface area contributed by atoms with E-state index in [4.69, 9.17) is 18.6 Å². The molecule has 1 amide bonds. The summed E-state index contributed by atoms with van der Waals surface area (Å²) in [6.07, 6.45) is 4.51. The molecule has 1 N–H and O–H groups in total. The highest BCUT2D eigenvalue weighted by molar-refractivity contribution is 5.76. The van der Waals surface area contributed by atoms with E-state index < -0.39 is 10.2 Å². The molecule has 0 aromatic rings. The molecule has 2 unspecified atom stereocenters. The molecule has 0 aromatic heterocycles. The topological polar surface area (TPSA) is 121 Å². The number of hydrogen-bond donors (Lipinski definition) is 1. The van der Waals surface area contributed by atoms with Crippen molar-refractivity contribution >= 4 is 5.91 Å². The molecule has 2 rings (SSSR count). The van der Waals surface area contributed by atoms with Gasteiger partial charge >= 0.3 is 0 Å². The molecule has 2 aliphatic rings. The van der Waals surface area contributed by atoms with Gasteiger partial charge in [-0.1, -0.05) is 0 Å². The summed E-state index contributed by atoms with van der Waals surface area (Å²) in [7, 11) is -0.399. The van der Waals surface area contributed by atoms with Crippen molar-refractivity contribution in [1.29, 1.82) is 0 Å². The number of quaternary nitrogens is 1. The van der Waals surface area contributed by atoms with Crippen LogP contribution < -0.4 is 24.0 Å². The van der Waals surface area contributed by atoms with Crippen LogP contribution >= 0.6 is 0 Å². The standard InChI is InChI=1S/C10H18N2O.ClHO4/c1-12(2)8-4-3-5-9(12)7-11-10(13)6-8;2-1(3,4)5/h8-9H,3-7H2,1-2H3;(H,2,3,4,5). The number of nitrogens with one attached hydrogen (secondary N) is 1. The number of halogens is 1. The van der Waals surface area contributed by atoms with Crippen molar-refractivity contribution in [2.24, 2.45) is 0 Å². The summed E-state index contributed by atoms with van der Waals surface area (Å²) < 4.78 is 35.0. The zero-order valence-electron chi connectivity index (χ0n) is 10.6. The van der Waals surface area contributed by atoms with Gasteiger partial charge in [-0.05, 0) is 6.42 Å². The fraction of sp³-hybridized carbons (Fsp3) is 0.900. The molecule has 0 aliphatic carbocycles. The number of nitrogens with zero attached hydrogens (tertiary/aromatic N) is 1. The Balaban J connectivity index is 0.000000280. The molecule has 2 saturated heterocycles. The monoisotopic (exact) mass is 282 g/mol. The first-order valence-corrected chi connectivity index (χ1v) is 7.06. The molecule has 0 spiro atoms. The fourth-order valence-corrected chi connectivity index (χ4v) is 2.75. The second-order valence-electron chi connectivity index (χ2n) is 5.25. The predicted molar refractivity (Wildman–Crippen MR) is 51.2 cm³/mol. The second kappa shape index (κ2) is 5.68. The average molecular weight is 283 g/mol. The van der Waals surface area contributed by atoms with Gasteiger partial charge in [0.25, 0.3) is 0 Å². The van der Waals surface area contributed by atoms with E-state index in [0.717, 1.165) is 17.4 Å². The Bertz CT molecular complexity index is 299. The van der Waals surface area contributed by atoms with Crippen molar-refractivity contribution in [2.45, 2.75) is 37.8 Å². The highest BCUT2D eigenvalue weighted by Gasteiger charge is 2.42. The van der Waals surface area contributed by atoms with Crippen LogP contribution in [0.15, 0.2) is 0 Å². The van der Waals surface area contributed by atoms with Gasteiger partial charge in [-0.3, -0.25) is 4.79 Å². The van der Waals surface area contributed by atoms with Gasteiger partial charge in [0.15, 0.2) is 0 Å². The second-order valence-corrected chi connectivity index (χ2v) is 6.01. The Morgan fingerprint density at radius 1 is 1.17 bits per heavy atom. The molecule has 7 nitrogen and oxygen atoms in total. The lowest BCUT2D eigenvalue weighted by atomic mass is 9.92. The Morgan fingerprint density at radius 3 is 2.22 bits per heavy atom. The van der Waals surface area contributed by atoms with E-state index in [9.17, 15) is 4.79 Å². The molecule has 0 radical (unpaired) electrons. The molecule has 0 saturated carbocycles. The summed E-state index contributed by atoms with van der Waals surface area (Å²) in [5.74, 6) is 0.251. The van der Waals surface area contributed by atoms with E-state index in [2.05, 4.69) is 19.4 Å². The first-order valence-electron chi connectivity index (χ1n) is 5.82. The third-order valence-electron chi connectivity index (χ3n) is 3.91.